The monoisotopic (exact) mass is 282 g/mol. The summed E-state index contributed by atoms with van der Waals surface area (Å²) in [6.07, 6.45) is 2.75. The lowest BCUT2D eigenvalue weighted by atomic mass is 10.1. The molecule has 2 aromatic rings. The zero-order valence-corrected chi connectivity index (χ0v) is 11.9. The number of hydrogen-bond acceptors (Lipinski definition) is 3. The molecule has 21 heavy (non-hydrogen) atoms. The van der Waals surface area contributed by atoms with Gasteiger partial charge in [-0.15, -0.1) is 0 Å². The molecule has 0 aliphatic carbocycles. The van der Waals surface area contributed by atoms with Crippen molar-refractivity contribution in [2.75, 3.05) is 13.4 Å². The van der Waals surface area contributed by atoms with Gasteiger partial charge in [-0.25, -0.2) is 0 Å². The molecule has 0 atom stereocenters. The van der Waals surface area contributed by atoms with Crippen LogP contribution < -0.4 is 9.47 Å². The molecule has 0 N–H and O–H groups in total. The normalized spacial score (nSPS) is 12.4. The van der Waals surface area contributed by atoms with Crippen LogP contribution in [0.1, 0.15) is 16.7 Å². The summed E-state index contributed by atoms with van der Waals surface area (Å²) in [6.45, 7) is 5.34. The van der Waals surface area contributed by atoms with Crippen LogP contribution in [-0.2, 0) is 17.8 Å². The van der Waals surface area contributed by atoms with Crippen molar-refractivity contribution in [1.82, 2.24) is 0 Å². The summed E-state index contributed by atoms with van der Waals surface area (Å²) >= 11 is 0. The average Bonchev–Trinajstić information content (AvgIpc) is 3.00. The number of hydrogen-bond donors (Lipinski definition) is 0. The Morgan fingerprint density at radius 2 is 1.76 bits per heavy atom. The first-order valence-corrected chi connectivity index (χ1v) is 7.03. The van der Waals surface area contributed by atoms with Gasteiger partial charge in [-0.05, 0) is 35.2 Å². The Bertz CT molecular complexity index is 617. The summed E-state index contributed by atoms with van der Waals surface area (Å²) < 4.78 is 16.4. The Kier molecular flexibility index (Phi) is 4.22. The van der Waals surface area contributed by atoms with Crippen LogP contribution in [0.5, 0.6) is 11.5 Å². The largest absolute Gasteiger partial charge is 0.454 e. The van der Waals surface area contributed by atoms with Crippen molar-refractivity contribution in [2.45, 2.75) is 13.0 Å². The van der Waals surface area contributed by atoms with Crippen LogP contribution in [-0.4, -0.2) is 13.4 Å². The molecule has 0 unspecified atom stereocenters. The first-order chi connectivity index (χ1) is 10.3. The van der Waals surface area contributed by atoms with Gasteiger partial charge in [-0.1, -0.05) is 43.0 Å². The highest BCUT2D eigenvalue weighted by molar-refractivity contribution is 5.47. The average molecular weight is 282 g/mol. The Hall–Kier alpha value is -2.26. The fourth-order valence-corrected chi connectivity index (χ4v) is 2.23. The predicted molar refractivity (Wildman–Crippen MR) is 82.5 cm³/mol. The van der Waals surface area contributed by atoms with E-state index in [1.165, 1.54) is 5.56 Å². The molecular weight excluding hydrogens is 264 g/mol. The Morgan fingerprint density at radius 3 is 2.57 bits per heavy atom. The van der Waals surface area contributed by atoms with Crippen molar-refractivity contribution in [3.63, 3.8) is 0 Å². The van der Waals surface area contributed by atoms with Gasteiger partial charge in [0.1, 0.15) is 0 Å². The standard InChI is InChI=1S/C18H18O3/c1-2-14-3-5-15(6-4-14)9-10-19-12-16-7-8-17-18(11-16)21-13-20-17/h2-8,11H,1,9-10,12-13H2. The maximum atomic E-state index is 5.72. The van der Waals surface area contributed by atoms with Crippen molar-refractivity contribution in [1.29, 1.82) is 0 Å². The predicted octanol–water partition coefficient (Wildman–Crippen LogP) is 3.82. The summed E-state index contributed by atoms with van der Waals surface area (Å²) in [5.41, 5.74) is 3.51. The lowest BCUT2D eigenvalue weighted by Crippen LogP contribution is -1.99. The SMILES string of the molecule is C=Cc1ccc(CCOCc2ccc3c(c2)OCO3)cc1. The van der Waals surface area contributed by atoms with Crippen molar-refractivity contribution in [2.24, 2.45) is 0 Å². The second-order valence-electron chi connectivity index (χ2n) is 4.94. The fraction of sp³-hybridized carbons (Fsp3) is 0.222. The molecule has 0 fully saturated rings. The van der Waals surface area contributed by atoms with Crippen LogP contribution in [0.25, 0.3) is 6.08 Å². The van der Waals surface area contributed by atoms with Crippen LogP contribution in [0.2, 0.25) is 0 Å². The Labute approximate surface area is 124 Å². The fourth-order valence-electron chi connectivity index (χ4n) is 2.23. The number of ether oxygens (including phenoxy) is 3. The molecule has 3 rings (SSSR count). The van der Waals surface area contributed by atoms with Crippen molar-refractivity contribution < 1.29 is 14.2 Å². The third kappa shape index (κ3) is 3.44. The van der Waals surface area contributed by atoms with Crippen LogP contribution in [0.15, 0.2) is 49.0 Å². The van der Waals surface area contributed by atoms with Gasteiger partial charge in [0.2, 0.25) is 6.79 Å². The minimum absolute atomic E-state index is 0.306. The van der Waals surface area contributed by atoms with Crippen LogP contribution in [0.4, 0.5) is 0 Å². The van der Waals surface area contributed by atoms with E-state index in [1.807, 2.05) is 24.3 Å². The Morgan fingerprint density at radius 1 is 1.00 bits per heavy atom. The van der Waals surface area contributed by atoms with Crippen molar-refractivity contribution >= 4 is 6.08 Å². The van der Waals surface area contributed by atoms with Gasteiger partial charge in [0, 0.05) is 0 Å². The molecule has 1 aliphatic heterocycles. The third-order valence-electron chi connectivity index (χ3n) is 3.46. The molecule has 0 aromatic heterocycles. The maximum Gasteiger partial charge on any atom is 0.231 e. The molecule has 2 aromatic carbocycles. The van der Waals surface area contributed by atoms with Gasteiger partial charge in [-0.2, -0.15) is 0 Å². The number of benzene rings is 2. The highest BCUT2D eigenvalue weighted by atomic mass is 16.7. The zero-order valence-electron chi connectivity index (χ0n) is 11.9. The quantitative estimate of drug-likeness (QED) is 0.754. The summed E-state index contributed by atoms with van der Waals surface area (Å²) in [7, 11) is 0. The van der Waals surface area contributed by atoms with E-state index in [2.05, 4.69) is 30.8 Å². The number of rotatable bonds is 6. The van der Waals surface area contributed by atoms with Gasteiger partial charge in [0.05, 0.1) is 13.2 Å². The molecule has 0 saturated heterocycles. The first kappa shape index (κ1) is 13.7. The van der Waals surface area contributed by atoms with Gasteiger partial charge < -0.3 is 14.2 Å². The van der Waals surface area contributed by atoms with Gasteiger partial charge >= 0.3 is 0 Å². The zero-order chi connectivity index (χ0) is 14.5. The minimum Gasteiger partial charge on any atom is -0.454 e. The molecule has 0 spiro atoms. The van der Waals surface area contributed by atoms with Crippen LogP contribution in [0.3, 0.4) is 0 Å². The maximum absolute atomic E-state index is 5.72. The molecule has 0 radical (unpaired) electrons. The van der Waals surface area contributed by atoms with E-state index < -0.39 is 0 Å². The summed E-state index contributed by atoms with van der Waals surface area (Å²) in [5, 5.41) is 0. The number of fused-ring (bicyclic) bond motifs is 1. The summed E-state index contributed by atoms with van der Waals surface area (Å²) in [6, 6.07) is 14.3. The summed E-state index contributed by atoms with van der Waals surface area (Å²) in [4.78, 5) is 0. The molecule has 3 heteroatoms. The van der Waals surface area contributed by atoms with E-state index in [4.69, 9.17) is 14.2 Å². The van der Waals surface area contributed by atoms with Gasteiger partial charge in [-0.3, -0.25) is 0 Å². The molecule has 1 heterocycles. The van der Waals surface area contributed by atoms with E-state index in [0.717, 1.165) is 29.0 Å². The minimum atomic E-state index is 0.306. The Balaban J connectivity index is 1.46. The molecule has 0 saturated carbocycles. The highest BCUT2D eigenvalue weighted by Crippen LogP contribution is 2.32. The molecule has 1 aliphatic rings. The van der Waals surface area contributed by atoms with Gasteiger partial charge in [0.25, 0.3) is 0 Å². The van der Waals surface area contributed by atoms with Crippen LogP contribution >= 0.6 is 0 Å². The highest BCUT2D eigenvalue weighted by Gasteiger charge is 2.12. The summed E-state index contributed by atoms with van der Waals surface area (Å²) in [5.74, 6) is 1.61. The molecular formula is C18H18O3. The van der Waals surface area contributed by atoms with Gasteiger partial charge in [0.15, 0.2) is 11.5 Å². The van der Waals surface area contributed by atoms with E-state index in [-0.39, 0.29) is 0 Å². The molecule has 0 bridgehead atoms. The lowest BCUT2D eigenvalue weighted by molar-refractivity contribution is 0.123. The second kappa shape index (κ2) is 6.46. The van der Waals surface area contributed by atoms with E-state index in [0.29, 0.717) is 20.0 Å². The lowest BCUT2D eigenvalue weighted by Gasteiger charge is -2.06. The van der Waals surface area contributed by atoms with Crippen molar-refractivity contribution in [3.05, 3.63) is 65.7 Å². The van der Waals surface area contributed by atoms with Crippen molar-refractivity contribution in [3.8, 4) is 11.5 Å². The molecule has 0 amide bonds. The topological polar surface area (TPSA) is 27.7 Å². The van der Waals surface area contributed by atoms with Crippen LogP contribution in [0, 0.1) is 0 Å². The smallest absolute Gasteiger partial charge is 0.231 e. The van der Waals surface area contributed by atoms with E-state index in [9.17, 15) is 0 Å². The second-order valence-corrected chi connectivity index (χ2v) is 4.94. The molecule has 3 nitrogen and oxygen atoms in total. The molecule has 108 valence electrons. The first-order valence-electron chi connectivity index (χ1n) is 7.03. The third-order valence-corrected chi connectivity index (χ3v) is 3.46. The van der Waals surface area contributed by atoms with E-state index in [1.54, 1.807) is 0 Å². The van der Waals surface area contributed by atoms with E-state index >= 15 is 0 Å².